The highest BCUT2D eigenvalue weighted by molar-refractivity contribution is 5.40. The molecule has 0 bridgehead atoms. The van der Waals surface area contributed by atoms with Crippen LogP contribution >= 0.6 is 0 Å². The summed E-state index contributed by atoms with van der Waals surface area (Å²) in [6.07, 6.45) is 1.05. The number of nitrogens with zero attached hydrogens (tertiary/aromatic N) is 5. The van der Waals surface area contributed by atoms with E-state index in [0.717, 1.165) is 82.9 Å². The number of anilines is 1. The molecule has 0 aliphatic carbocycles. The van der Waals surface area contributed by atoms with Crippen molar-refractivity contribution in [1.82, 2.24) is 25.0 Å². The molecule has 3 aliphatic rings. The lowest BCUT2D eigenvalue weighted by atomic mass is 10.1. The number of benzene rings is 1. The predicted octanol–water partition coefficient (Wildman–Crippen LogP) is 0.638. The molecule has 1 aromatic heterocycles. The third-order valence-corrected chi connectivity index (χ3v) is 5.34. The molecule has 3 aliphatic heterocycles. The highest BCUT2D eigenvalue weighted by Crippen LogP contribution is 2.27. The molecule has 2 aromatic rings. The van der Waals surface area contributed by atoms with Gasteiger partial charge in [-0.2, -0.15) is 4.98 Å². The third-order valence-electron chi connectivity index (χ3n) is 5.34. The second-order valence-corrected chi connectivity index (χ2v) is 7.03. The molecular formula is C18H24N6O. The van der Waals surface area contributed by atoms with Gasteiger partial charge in [-0.3, -0.25) is 4.90 Å². The largest absolute Gasteiger partial charge is 0.493 e. The zero-order chi connectivity index (χ0) is 16.6. The Hall–Kier alpha value is -2.12. The van der Waals surface area contributed by atoms with Crippen LogP contribution in [0, 0.1) is 0 Å². The lowest BCUT2D eigenvalue weighted by Gasteiger charge is -2.34. The van der Waals surface area contributed by atoms with Crippen LogP contribution in [0.5, 0.6) is 5.75 Å². The standard InChI is InChI=1S/C18H24N6O/c1-2-15-3-10-25-16(15)11-14(1)13-22-6-8-23(9-7-22)18-20-17-12-19-4-5-24(17)21-18/h1-2,11,19H,3-10,12-13H2. The van der Waals surface area contributed by atoms with Crippen molar-refractivity contribution in [3.63, 3.8) is 0 Å². The topological polar surface area (TPSA) is 58.5 Å². The van der Waals surface area contributed by atoms with Gasteiger partial charge in [0.2, 0.25) is 5.95 Å². The van der Waals surface area contributed by atoms with Crippen LogP contribution in [0.4, 0.5) is 5.95 Å². The van der Waals surface area contributed by atoms with Crippen molar-refractivity contribution in [2.75, 3.05) is 44.2 Å². The molecule has 0 saturated carbocycles. The lowest BCUT2D eigenvalue weighted by Crippen LogP contribution is -2.46. The molecule has 7 nitrogen and oxygen atoms in total. The average Bonchev–Trinajstić information content (AvgIpc) is 3.28. The zero-order valence-corrected chi connectivity index (χ0v) is 14.4. The van der Waals surface area contributed by atoms with Gasteiger partial charge in [0.05, 0.1) is 19.7 Å². The number of nitrogens with one attached hydrogen (secondary N) is 1. The summed E-state index contributed by atoms with van der Waals surface area (Å²) in [5.41, 5.74) is 2.69. The number of ether oxygens (including phenoxy) is 1. The smallest absolute Gasteiger partial charge is 0.245 e. The maximum Gasteiger partial charge on any atom is 0.245 e. The minimum absolute atomic E-state index is 0.827. The molecule has 0 radical (unpaired) electrons. The molecule has 1 N–H and O–H groups in total. The number of aromatic nitrogens is 3. The van der Waals surface area contributed by atoms with Crippen molar-refractivity contribution in [2.45, 2.75) is 26.1 Å². The highest BCUT2D eigenvalue weighted by atomic mass is 16.5. The van der Waals surface area contributed by atoms with Crippen molar-refractivity contribution >= 4 is 5.95 Å². The van der Waals surface area contributed by atoms with E-state index in [2.05, 4.69) is 38.4 Å². The molecule has 7 heteroatoms. The Kier molecular flexibility index (Phi) is 3.83. The van der Waals surface area contributed by atoms with E-state index in [-0.39, 0.29) is 0 Å². The van der Waals surface area contributed by atoms with Crippen LogP contribution in [0.15, 0.2) is 18.2 Å². The SMILES string of the molecule is c1cc2c(cc1CN1CCN(c3nc4n(n3)CCNC4)CC1)OCC2. The molecule has 0 spiro atoms. The first-order chi connectivity index (χ1) is 12.3. The maximum atomic E-state index is 5.69. The summed E-state index contributed by atoms with van der Waals surface area (Å²) in [4.78, 5) is 9.52. The lowest BCUT2D eigenvalue weighted by molar-refractivity contribution is 0.248. The first-order valence-corrected chi connectivity index (χ1v) is 9.21. The van der Waals surface area contributed by atoms with E-state index >= 15 is 0 Å². The first kappa shape index (κ1) is 15.2. The fourth-order valence-corrected chi connectivity index (χ4v) is 3.86. The fraction of sp³-hybridized carbons (Fsp3) is 0.556. The van der Waals surface area contributed by atoms with Gasteiger partial charge < -0.3 is 15.0 Å². The molecule has 1 saturated heterocycles. The van der Waals surface area contributed by atoms with Gasteiger partial charge in [0.1, 0.15) is 11.6 Å². The second kappa shape index (κ2) is 6.31. The third kappa shape index (κ3) is 2.98. The van der Waals surface area contributed by atoms with Crippen molar-refractivity contribution in [3.05, 3.63) is 35.2 Å². The summed E-state index contributed by atoms with van der Waals surface area (Å²) in [5, 5.41) is 8.03. The van der Waals surface area contributed by atoms with Crippen LogP contribution in [0.2, 0.25) is 0 Å². The van der Waals surface area contributed by atoms with Crippen LogP contribution in [0.3, 0.4) is 0 Å². The van der Waals surface area contributed by atoms with Gasteiger partial charge in [-0.15, -0.1) is 5.10 Å². The van der Waals surface area contributed by atoms with E-state index < -0.39 is 0 Å². The molecule has 0 atom stereocenters. The highest BCUT2D eigenvalue weighted by Gasteiger charge is 2.23. The van der Waals surface area contributed by atoms with Crippen LogP contribution in [-0.4, -0.2) is 59.0 Å². The van der Waals surface area contributed by atoms with E-state index in [1.165, 1.54) is 11.1 Å². The maximum absolute atomic E-state index is 5.69. The zero-order valence-electron chi connectivity index (χ0n) is 14.4. The van der Waals surface area contributed by atoms with Crippen LogP contribution in [0.25, 0.3) is 0 Å². The quantitative estimate of drug-likeness (QED) is 0.885. The molecule has 1 fully saturated rings. The Morgan fingerprint density at radius 2 is 2.04 bits per heavy atom. The van der Waals surface area contributed by atoms with Crippen molar-refractivity contribution in [2.24, 2.45) is 0 Å². The Morgan fingerprint density at radius 3 is 2.92 bits per heavy atom. The molecule has 1 aromatic carbocycles. The molecule has 0 unspecified atom stereocenters. The van der Waals surface area contributed by atoms with E-state index in [1.807, 2.05) is 4.68 Å². The monoisotopic (exact) mass is 340 g/mol. The molecule has 4 heterocycles. The van der Waals surface area contributed by atoms with Crippen LogP contribution in [-0.2, 0) is 26.1 Å². The molecule has 0 amide bonds. The Labute approximate surface area is 147 Å². The molecular weight excluding hydrogens is 316 g/mol. The van der Waals surface area contributed by atoms with Gasteiger partial charge in [-0.25, -0.2) is 4.68 Å². The molecule has 5 rings (SSSR count). The summed E-state index contributed by atoms with van der Waals surface area (Å²) in [6, 6.07) is 6.69. The minimum atomic E-state index is 0.827. The molecule has 132 valence electrons. The summed E-state index contributed by atoms with van der Waals surface area (Å²) >= 11 is 0. The van der Waals surface area contributed by atoms with E-state index in [0.29, 0.717) is 0 Å². The van der Waals surface area contributed by atoms with Gasteiger partial charge in [0.15, 0.2) is 0 Å². The number of rotatable bonds is 3. The van der Waals surface area contributed by atoms with Gasteiger partial charge in [0, 0.05) is 45.7 Å². The van der Waals surface area contributed by atoms with Crippen molar-refractivity contribution in [3.8, 4) is 5.75 Å². The van der Waals surface area contributed by atoms with Crippen molar-refractivity contribution < 1.29 is 4.74 Å². The second-order valence-electron chi connectivity index (χ2n) is 7.03. The molecule has 25 heavy (non-hydrogen) atoms. The first-order valence-electron chi connectivity index (χ1n) is 9.21. The van der Waals surface area contributed by atoms with Gasteiger partial charge in [0.25, 0.3) is 0 Å². The summed E-state index contributed by atoms with van der Waals surface area (Å²) < 4.78 is 7.74. The van der Waals surface area contributed by atoms with E-state index in [4.69, 9.17) is 9.72 Å². The number of hydrogen-bond donors (Lipinski definition) is 1. The Bertz CT molecular complexity index is 741. The van der Waals surface area contributed by atoms with Crippen LogP contribution < -0.4 is 15.0 Å². The van der Waals surface area contributed by atoms with Gasteiger partial charge >= 0.3 is 0 Å². The average molecular weight is 340 g/mol. The summed E-state index contributed by atoms with van der Waals surface area (Å²) in [7, 11) is 0. The van der Waals surface area contributed by atoms with Crippen molar-refractivity contribution in [1.29, 1.82) is 0 Å². The number of hydrogen-bond acceptors (Lipinski definition) is 6. The normalized spacial score (nSPS) is 20.2. The Balaban J connectivity index is 1.20. The minimum Gasteiger partial charge on any atom is -0.493 e. The fourth-order valence-electron chi connectivity index (χ4n) is 3.86. The summed E-state index contributed by atoms with van der Waals surface area (Å²) in [5.74, 6) is 3.03. The van der Waals surface area contributed by atoms with E-state index in [1.54, 1.807) is 0 Å². The predicted molar refractivity (Wildman–Crippen MR) is 94.9 cm³/mol. The number of fused-ring (bicyclic) bond motifs is 2. The Morgan fingerprint density at radius 1 is 1.12 bits per heavy atom. The van der Waals surface area contributed by atoms with Crippen LogP contribution in [0.1, 0.15) is 17.0 Å². The number of piperazine rings is 1. The van der Waals surface area contributed by atoms with Gasteiger partial charge in [-0.05, 0) is 17.2 Å². The van der Waals surface area contributed by atoms with Gasteiger partial charge in [-0.1, -0.05) is 12.1 Å². The van der Waals surface area contributed by atoms with E-state index in [9.17, 15) is 0 Å². The summed E-state index contributed by atoms with van der Waals surface area (Å²) in [6.45, 7) is 8.59.